The van der Waals surface area contributed by atoms with Crippen LogP contribution in [-0.2, 0) is 14.8 Å². The van der Waals surface area contributed by atoms with Crippen LogP contribution in [0.2, 0.25) is 0 Å². The number of sulfonamides is 1. The minimum absolute atomic E-state index is 0.0524. The van der Waals surface area contributed by atoms with E-state index in [-0.39, 0.29) is 11.3 Å². The average Bonchev–Trinajstić information content (AvgIpc) is 2.42. The zero-order valence-electron chi connectivity index (χ0n) is 11.8. The number of halogens is 1. The van der Waals surface area contributed by atoms with Crippen LogP contribution in [0.5, 0.6) is 5.75 Å². The lowest BCUT2D eigenvalue weighted by Gasteiger charge is -2.10. The third-order valence-corrected chi connectivity index (χ3v) is 3.84. The molecular formula is C13H12BrN3O5S. The van der Waals surface area contributed by atoms with Crippen molar-refractivity contribution < 1.29 is 23.1 Å². The molecule has 2 amide bonds. The summed E-state index contributed by atoms with van der Waals surface area (Å²) in [6, 6.07) is 4.99. The predicted molar refractivity (Wildman–Crippen MR) is 86.4 cm³/mol. The van der Waals surface area contributed by atoms with E-state index in [1.165, 1.54) is 0 Å². The van der Waals surface area contributed by atoms with Crippen molar-refractivity contribution in [1.29, 1.82) is 0 Å². The third kappa shape index (κ3) is 4.39. The average molecular weight is 402 g/mol. The molecule has 0 atom stereocenters. The lowest BCUT2D eigenvalue weighted by atomic mass is 10.1. The number of nitrogens with one attached hydrogen (secondary N) is 2. The molecule has 2 aromatic rings. The third-order valence-electron chi connectivity index (χ3n) is 2.75. The van der Waals surface area contributed by atoms with Crippen molar-refractivity contribution in [2.75, 3.05) is 12.8 Å². The van der Waals surface area contributed by atoms with E-state index in [0.29, 0.717) is 15.4 Å². The van der Waals surface area contributed by atoms with Crippen LogP contribution in [-0.4, -0.2) is 43.1 Å². The van der Waals surface area contributed by atoms with Crippen LogP contribution in [0.3, 0.4) is 0 Å². The maximum atomic E-state index is 12.2. The monoisotopic (exact) mass is 401 g/mol. The summed E-state index contributed by atoms with van der Waals surface area (Å²) in [6.45, 7) is -0.552. The van der Waals surface area contributed by atoms with Crippen molar-refractivity contribution in [2.24, 2.45) is 0 Å². The molecule has 0 saturated carbocycles. The van der Waals surface area contributed by atoms with Crippen molar-refractivity contribution in [3.05, 3.63) is 34.4 Å². The van der Waals surface area contributed by atoms with Crippen molar-refractivity contribution in [1.82, 2.24) is 15.0 Å². The lowest BCUT2D eigenvalue weighted by molar-refractivity contribution is -0.118. The van der Waals surface area contributed by atoms with Gasteiger partial charge in [0.25, 0.3) is 11.8 Å². The Morgan fingerprint density at radius 2 is 2.04 bits per heavy atom. The quantitative estimate of drug-likeness (QED) is 0.684. The van der Waals surface area contributed by atoms with Gasteiger partial charge < -0.3 is 10.4 Å². The van der Waals surface area contributed by atoms with E-state index in [1.54, 1.807) is 22.9 Å². The number of pyridine rings is 1. The predicted octanol–water partition coefficient (Wildman–Crippen LogP) is 0.509. The summed E-state index contributed by atoms with van der Waals surface area (Å²) in [5, 5.41) is 12.5. The molecule has 1 aromatic heterocycles. The molecule has 0 bridgehead atoms. The van der Waals surface area contributed by atoms with Crippen LogP contribution in [0.15, 0.2) is 28.9 Å². The first-order valence-electron chi connectivity index (χ1n) is 6.23. The highest BCUT2D eigenvalue weighted by Crippen LogP contribution is 2.27. The summed E-state index contributed by atoms with van der Waals surface area (Å²) < 4.78 is 24.3. The van der Waals surface area contributed by atoms with E-state index in [2.05, 4.69) is 26.2 Å². The highest BCUT2D eigenvalue weighted by atomic mass is 79.9. The fourth-order valence-corrected chi connectivity index (χ4v) is 2.73. The molecule has 0 spiro atoms. The molecule has 8 nitrogen and oxygen atoms in total. The molecule has 0 aliphatic rings. The molecule has 2 rings (SSSR count). The fourth-order valence-electron chi connectivity index (χ4n) is 1.88. The molecule has 0 radical (unpaired) electrons. The van der Waals surface area contributed by atoms with Gasteiger partial charge in [0.05, 0.1) is 30.1 Å². The second-order valence-electron chi connectivity index (χ2n) is 4.66. The number of aromatic hydroxyl groups is 1. The van der Waals surface area contributed by atoms with E-state index in [4.69, 9.17) is 0 Å². The van der Waals surface area contributed by atoms with Crippen LogP contribution in [0.1, 0.15) is 10.4 Å². The Labute approximate surface area is 140 Å². The minimum Gasteiger partial charge on any atom is -0.505 e. The van der Waals surface area contributed by atoms with Gasteiger partial charge in [-0.3, -0.25) is 19.3 Å². The molecule has 0 fully saturated rings. The van der Waals surface area contributed by atoms with Gasteiger partial charge in [-0.15, -0.1) is 0 Å². The van der Waals surface area contributed by atoms with E-state index < -0.39 is 28.4 Å². The molecule has 122 valence electrons. The van der Waals surface area contributed by atoms with Crippen molar-refractivity contribution in [3.8, 4) is 5.75 Å². The minimum atomic E-state index is -3.70. The van der Waals surface area contributed by atoms with Crippen LogP contribution in [0.4, 0.5) is 0 Å². The number of carbonyl (C=O) groups is 2. The van der Waals surface area contributed by atoms with E-state index in [1.807, 2.05) is 0 Å². The Balaban J connectivity index is 2.26. The molecule has 1 heterocycles. The molecule has 23 heavy (non-hydrogen) atoms. The SMILES string of the molecule is CS(=O)(=O)NC(=O)CNC(=O)c1c(O)cnc2ccc(Br)cc12. The molecule has 10 heteroatoms. The maximum Gasteiger partial charge on any atom is 0.256 e. The van der Waals surface area contributed by atoms with Gasteiger partial charge in [0, 0.05) is 9.86 Å². The van der Waals surface area contributed by atoms with Gasteiger partial charge in [-0.25, -0.2) is 8.42 Å². The molecular weight excluding hydrogens is 390 g/mol. The van der Waals surface area contributed by atoms with Gasteiger partial charge in [0.1, 0.15) is 5.75 Å². The number of fused-ring (bicyclic) bond motifs is 1. The van der Waals surface area contributed by atoms with Crippen molar-refractivity contribution in [2.45, 2.75) is 0 Å². The molecule has 0 aliphatic carbocycles. The normalized spacial score (nSPS) is 11.2. The van der Waals surface area contributed by atoms with Crippen molar-refractivity contribution in [3.63, 3.8) is 0 Å². The zero-order chi connectivity index (χ0) is 17.2. The molecule has 3 N–H and O–H groups in total. The lowest BCUT2D eigenvalue weighted by Crippen LogP contribution is -2.39. The first-order chi connectivity index (χ1) is 10.7. The highest BCUT2D eigenvalue weighted by molar-refractivity contribution is 9.10. The topological polar surface area (TPSA) is 125 Å². The number of nitrogens with zero attached hydrogens (tertiary/aromatic N) is 1. The zero-order valence-corrected chi connectivity index (χ0v) is 14.2. The summed E-state index contributed by atoms with van der Waals surface area (Å²) in [7, 11) is -3.70. The largest absolute Gasteiger partial charge is 0.505 e. The first kappa shape index (κ1) is 17.2. The Bertz CT molecular complexity index is 893. The number of hydrogen-bond acceptors (Lipinski definition) is 6. The smallest absolute Gasteiger partial charge is 0.256 e. The Morgan fingerprint density at radius 1 is 1.35 bits per heavy atom. The molecule has 1 aromatic carbocycles. The first-order valence-corrected chi connectivity index (χ1v) is 8.92. The van der Waals surface area contributed by atoms with Crippen LogP contribution in [0.25, 0.3) is 10.9 Å². The number of hydrogen-bond donors (Lipinski definition) is 3. The number of amides is 2. The van der Waals surface area contributed by atoms with Crippen molar-refractivity contribution >= 4 is 48.7 Å². The summed E-state index contributed by atoms with van der Waals surface area (Å²) in [5.74, 6) is -1.96. The second-order valence-corrected chi connectivity index (χ2v) is 7.32. The maximum absolute atomic E-state index is 12.2. The second kappa shape index (κ2) is 6.50. The number of carbonyl (C=O) groups excluding carboxylic acids is 2. The highest BCUT2D eigenvalue weighted by Gasteiger charge is 2.18. The van der Waals surface area contributed by atoms with Gasteiger partial charge in [0.2, 0.25) is 10.0 Å². The summed E-state index contributed by atoms with van der Waals surface area (Å²) in [4.78, 5) is 27.6. The molecule has 0 unspecified atom stereocenters. The van der Waals surface area contributed by atoms with E-state index in [9.17, 15) is 23.1 Å². The number of aromatic nitrogens is 1. The Kier molecular flexibility index (Phi) is 4.85. The van der Waals surface area contributed by atoms with Crippen LogP contribution in [0, 0.1) is 0 Å². The number of benzene rings is 1. The van der Waals surface area contributed by atoms with Crippen LogP contribution < -0.4 is 10.0 Å². The van der Waals surface area contributed by atoms with Gasteiger partial charge >= 0.3 is 0 Å². The summed E-state index contributed by atoms with van der Waals surface area (Å²) >= 11 is 3.26. The van der Waals surface area contributed by atoms with Gasteiger partial charge in [0.15, 0.2) is 0 Å². The standard InChI is InChI=1S/C13H12BrN3O5S/c1-23(21,22)17-11(19)6-16-13(20)12-8-4-7(14)2-3-9(8)15-5-10(12)18/h2-5,18H,6H2,1H3,(H,16,20)(H,17,19). The van der Waals surface area contributed by atoms with E-state index in [0.717, 1.165) is 12.5 Å². The summed E-state index contributed by atoms with van der Waals surface area (Å²) in [5.41, 5.74) is 0.431. The molecule has 0 aliphatic heterocycles. The van der Waals surface area contributed by atoms with Gasteiger partial charge in [-0.1, -0.05) is 15.9 Å². The number of rotatable bonds is 4. The molecule has 0 saturated heterocycles. The Morgan fingerprint density at radius 3 is 2.70 bits per heavy atom. The van der Waals surface area contributed by atoms with Gasteiger partial charge in [-0.05, 0) is 18.2 Å². The fraction of sp³-hybridized carbons (Fsp3) is 0.154. The van der Waals surface area contributed by atoms with Crippen LogP contribution >= 0.6 is 15.9 Å². The van der Waals surface area contributed by atoms with E-state index >= 15 is 0 Å². The van der Waals surface area contributed by atoms with Gasteiger partial charge in [-0.2, -0.15) is 0 Å². The summed E-state index contributed by atoms with van der Waals surface area (Å²) in [6.07, 6.45) is 1.95. The Hall–Kier alpha value is -2.20.